The number of rotatable bonds is 3. The summed E-state index contributed by atoms with van der Waals surface area (Å²) < 4.78 is 27.0. The summed E-state index contributed by atoms with van der Waals surface area (Å²) in [5.41, 5.74) is 2.45. The number of hydrogen-bond acceptors (Lipinski definition) is 2. The van der Waals surface area contributed by atoms with Crippen LogP contribution in [0.3, 0.4) is 0 Å². The number of benzene rings is 2. The molecule has 0 bridgehead atoms. The second-order valence-corrected chi connectivity index (χ2v) is 4.67. The molecule has 20 heavy (non-hydrogen) atoms. The Kier molecular flexibility index (Phi) is 3.99. The van der Waals surface area contributed by atoms with Crippen molar-refractivity contribution < 1.29 is 8.78 Å². The van der Waals surface area contributed by atoms with E-state index in [2.05, 4.69) is 5.32 Å². The molecule has 0 aliphatic carbocycles. The molecule has 0 heterocycles. The summed E-state index contributed by atoms with van der Waals surface area (Å²) in [5.74, 6) is -0.763. The monoisotopic (exact) mass is 272 g/mol. The van der Waals surface area contributed by atoms with Gasteiger partial charge < -0.3 is 5.32 Å². The third-order valence-corrected chi connectivity index (χ3v) is 3.10. The predicted octanol–water partition coefficient (Wildman–Crippen LogP) is 4.07. The van der Waals surface area contributed by atoms with E-state index in [-0.39, 0.29) is 11.4 Å². The number of nitriles is 1. The van der Waals surface area contributed by atoms with Crippen LogP contribution in [0, 0.1) is 36.8 Å². The first kappa shape index (κ1) is 14.0. The van der Waals surface area contributed by atoms with E-state index in [0.717, 1.165) is 5.56 Å². The molecule has 2 aromatic rings. The van der Waals surface area contributed by atoms with E-state index in [1.54, 1.807) is 38.1 Å². The van der Waals surface area contributed by atoms with Gasteiger partial charge in [-0.15, -0.1) is 0 Å². The maximum absolute atomic E-state index is 13.5. The summed E-state index contributed by atoms with van der Waals surface area (Å²) in [5, 5.41) is 12.0. The van der Waals surface area contributed by atoms with Crippen molar-refractivity contribution in [2.24, 2.45) is 0 Å². The second-order valence-electron chi connectivity index (χ2n) is 4.67. The number of halogens is 2. The Morgan fingerprint density at radius 1 is 1.15 bits per heavy atom. The highest BCUT2D eigenvalue weighted by atomic mass is 19.1. The molecular formula is C16H14F2N2. The summed E-state index contributed by atoms with van der Waals surface area (Å²) in [6.45, 7) is 3.81. The van der Waals surface area contributed by atoms with Gasteiger partial charge in [0.2, 0.25) is 0 Å². The molecule has 1 N–H and O–H groups in total. The van der Waals surface area contributed by atoms with Gasteiger partial charge in [0, 0.05) is 6.54 Å². The van der Waals surface area contributed by atoms with Gasteiger partial charge >= 0.3 is 0 Å². The van der Waals surface area contributed by atoms with Gasteiger partial charge in [0.15, 0.2) is 0 Å². The molecule has 4 heteroatoms. The first-order valence-electron chi connectivity index (χ1n) is 6.21. The normalized spacial score (nSPS) is 10.2. The van der Waals surface area contributed by atoms with Gasteiger partial charge in [-0.3, -0.25) is 0 Å². The quantitative estimate of drug-likeness (QED) is 0.914. The lowest BCUT2D eigenvalue weighted by Crippen LogP contribution is -2.04. The number of aryl methyl sites for hydroxylation is 2. The molecule has 2 nitrogen and oxygen atoms in total. The van der Waals surface area contributed by atoms with E-state index < -0.39 is 5.82 Å². The zero-order valence-corrected chi connectivity index (χ0v) is 11.3. The van der Waals surface area contributed by atoms with Crippen LogP contribution < -0.4 is 5.32 Å². The zero-order chi connectivity index (χ0) is 14.7. The van der Waals surface area contributed by atoms with Gasteiger partial charge in [-0.05, 0) is 42.7 Å². The van der Waals surface area contributed by atoms with E-state index in [9.17, 15) is 8.78 Å². The van der Waals surface area contributed by atoms with Crippen molar-refractivity contribution in [1.29, 1.82) is 5.26 Å². The topological polar surface area (TPSA) is 35.8 Å². The van der Waals surface area contributed by atoms with Gasteiger partial charge in [0.25, 0.3) is 0 Å². The largest absolute Gasteiger partial charge is 0.380 e. The number of nitrogens with zero attached hydrogens (tertiary/aromatic N) is 1. The Labute approximate surface area is 116 Å². The highest BCUT2D eigenvalue weighted by molar-refractivity contribution is 5.58. The minimum absolute atomic E-state index is 0.0111. The van der Waals surface area contributed by atoms with Crippen LogP contribution in [0.25, 0.3) is 0 Å². The molecule has 0 aromatic heterocycles. The van der Waals surface area contributed by atoms with E-state index in [1.165, 1.54) is 6.07 Å². The third-order valence-electron chi connectivity index (χ3n) is 3.10. The highest BCUT2D eigenvalue weighted by Crippen LogP contribution is 2.20. The van der Waals surface area contributed by atoms with Crippen molar-refractivity contribution in [3.05, 3.63) is 64.2 Å². The van der Waals surface area contributed by atoms with Crippen molar-refractivity contribution in [1.82, 2.24) is 0 Å². The average molecular weight is 272 g/mol. The molecule has 102 valence electrons. The zero-order valence-electron chi connectivity index (χ0n) is 11.3. The van der Waals surface area contributed by atoms with Crippen molar-refractivity contribution in [2.45, 2.75) is 20.4 Å². The molecule has 0 amide bonds. The SMILES string of the molecule is Cc1cc(CNc2cccc(F)c2C#N)cc(C)c1F. The summed E-state index contributed by atoms with van der Waals surface area (Å²) in [6, 6.07) is 9.74. The minimum Gasteiger partial charge on any atom is -0.380 e. The molecule has 0 aliphatic heterocycles. The lowest BCUT2D eigenvalue weighted by Gasteiger charge is -2.11. The van der Waals surface area contributed by atoms with Crippen molar-refractivity contribution in [3.8, 4) is 6.07 Å². The van der Waals surface area contributed by atoms with Gasteiger partial charge in [-0.25, -0.2) is 8.78 Å². The Bertz CT molecular complexity index is 664. The fourth-order valence-corrected chi connectivity index (χ4v) is 2.12. The van der Waals surface area contributed by atoms with Crippen LogP contribution in [-0.4, -0.2) is 0 Å². The molecule has 0 saturated heterocycles. The van der Waals surface area contributed by atoms with E-state index in [1.807, 2.05) is 6.07 Å². The molecule has 0 atom stereocenters. The van der Waals surface area contributed by atoms with E-state index >= 15 is 0 Å². The first-order valence-corrected chi connectivity index (χ1v) is 6.21. The van der Waals surface area contributed by atoms with Gasteiger partial charge in [0.1, 0.15) is 23.3 Å². The highest BCUT2D eigenvalue weighted by Gasteiger charge is 2.08. The fraction of sp³-hybridized carbons (Fsp3) is 0.188. The molecular weight excluding hydrogens is 258 g/mol. The summed E-state index contributed by atoms with van der Waals surface area (Å²) >= 11 is 0. The van der Waals surface area contributed by atoms with E-state index in [0.29, 0.717) is 23.4 Å². The van der Waals surface area contributed by atoms with Crippen LogP contribution in [0.15, 0.2) is 30.3 Å². The molecule has 2 rings (SSSR count). The number of hydrogen-bond donors (Lipinski definition) is 1. The average Bonchev–Trinajstić information content (AvgIpc) is 2.42. The van der Waals surface area contributed by atoms with Gasteiger partial charge in [0.05, 0.1) is 5.69 Å². The maximum Gasteiger partial charge on any atom is 0.143 e. The second kappa shape index (κ2) is 5.70. The maximum atomic E-state index is 13.5. The Morgan fingerprint density at radius 3 is 2.40 bits per heavy atom. The van der Waals surface area contributed by atoms with Crippen molar-refractivity contribution in [2.75, 3.05) is 5.32 Å². The Balaban J connectivity index is 2.22. The molecule has 0 radical (unpaired) electrons. The van der Waals surface area contributed by atoms with Crippen LogP contribution in [0.4, 0.5) is 14.5 Å². The Morgan fingerprint density at radius 2 is 1.80 bits per heavy atom. The van der Waals surface area contributed by atoms with Crippen molar-refractivity contribution >= 4 is 5.69 Å². The Hall–Kier alpha value is -2.41. The smallest absolute Gasteiger partial charge is 0.143 e. The molecule has 0 aliphatic rings. The van der Waals surface area contributed by atoms with Crippen LogP contribution in [0.5, 0.6) is 0 Å². The van der Waals surface area contributed by atoms with Gasteiger partial charge in [-0.2, -0.15) is 5.26 Å². The van der Waals surface area contributed by atoms with E-state index in [4.69, 9.17) is 5.26 Å². The lowest BCUT2D eigenvalue weighted by molar-refractivity contribution is 0.608. The van der Waals surface area contributed by atoms with Crippen LogP contribution >= 0.6 is 0 Å². The predicted molar refractivity (Wildman–Crippen MR) is 74.3 cm³/mol. The van der Waals surface area contributed by atoms with Crippen LogP contribution in [0.2, 0.25) is 0 Å². The standard InChI is InChI=1S/C16H14F2N2/c1-10-6-12(7-11(2)16(10)18)9-20-15-5-3-4-14(17)13(15)8-19/h3-7,20H,9H2,1-2H3. The summed E-state index contributed by atoms with van der Waals surface area (Å²) in [7, 11) is 0. The van der Waals surface area contributed by atoms with Crippen LogP contribution in [0.1, 0.15) is 22.3 Å². The molecule has 0 unspecified atom stereocenters. The number of anilines is 1. The fourth-order valence-electron chi connectivity index (χ4n) is 2.12. The molecule has 0 saturated carbocycles. The van der Waals surface area contributed by atoms with Crippen molar-refractivity contribution in [3.63, 3.8) is 0 Å². The minimum atomic E-state index is -0.552. The number of nitrogens with one attached hydrogen (secondary N) is 1. The molecule has 2 aromatic carbocycles. The third kappa shape index (κ3) is 2.77. The molecule has 0 spiro atoms. The summed E-state index contributed by atoms with van der Waals surface area (Å²) in [6.07, 6.45) is 0. The van der Waals surface area contributed by atoms with Gasteiger partial charge in [-0.1, -0.05) is 18.2 Å². The summed E-state index contributed by atoms with van der Waals surface area (Å²) in [4.78, 5) is 0. The first-order chi connectivity index (χ1) is 9.52. The van der Waals surface area contributed by atoms with Crippen LogP contribution in [-0.2, 0) is 6.54 Å². The molecule has 0 fully saturated rings. The lowest BCUT2D eigenvalue weighted by atomic mass is 10.1.